The van der Waals surface area contributed by atoms with E-state index in [0.717, 1.165) is 34.8 Å². The highest BCUT2D eigenvalue weighted by Gasteiger charge is 2.30. The van der Waals surface area contributed by atoms with Gasteiger partial charge in [0.05, 0.1) is 11.8 Å². The molecule has 3 aromatic rings. The summed E-state index contributed by atoms with van der Waals surface area (Å²) in [7, 11) is 0. The Morgan fingerprint density at radius 1 is 1.03 bits per heavy atom. The number of hydrogen-bond donors (Lipinski definition) is 1. The lowest BCUT2D eigenvalue weighted by atomic mass is 10.1. The molecule has 0 unspecified atom stereocenters. The molecule has 1 amide bonds. The maximum Gasteiger partial charge on any atom is 0.416 e. The predicted molar refractivity (Wildman–Crippen MR) is 111 cm³/mol. The van der Waals surface area contributed by atoms with Gasteiger partial charge in [0.25, 0.3) is 5.91 Å². The zero-order valence-corrected chi connectivity index (χ0v) is 17.1. The monoisotopic (exact) mass is 413 g/mol. The normalized spacial score (nSPS) is 11.8. The summed E-state index contributed by atoms with van der Waals surface area (Å²) in [6.45, 7) is 8.05. The molecule has 2 aromatic carbocycles. The second kappa shape index (κ2) is 8.18. The molecule has 0 atom stereocenters. The van der Waals surface area contributed by atoms with E-state index in [-0.39, 0.29) is 5.56 Å². The first kappa shape index (κ1) is 21.4. The molecule has 1 aromatic heterocycles. The van der Waals surface area contributed by atoms with Crippen molar-refractivity contribution in [3.63, 3.8) is 0 Å². The molecule has 7 heteroatoms. The number of amides is 1. The van der Waals surface area contributed by atoms with Crippen molar-refractivity contribution in [2.75, 3.05) is 0 Å². The van der Waals surface area contributed by atoms with Crippen LogP contribution in [0.5, 0.6) is 0 Å². The maximum absolute atomic E-state index is 12.8. The molecule has 0 aliphatic carbocycles. The molecule has 0 spiro atoms. The molecule has 0 radical (unpaired) electrons. The van der Waals surface area contributed by atoms with Gasteiger partial charge in [-0.2, -0.15) is 18.3 Å². The number of hydrogen-bond acceptors (Lipinski definition) is 2. The third-order valence-corrected chi connectivity index (χ3v) is 5.11. The molecular formula is C23H22F3N3O. The first-order chi connectivity index (χ1) is 14.1. The van der Waals surface area contributed by atoms with Gasteiger partial charge < -0.3 is 4.57 Å². The summed E-state index contributed by atoms with van der Waals surface area (Å²) in [6.07, 6.45) is -3.01. The van der Waals surface area contributed by atoms with Gasteiger partial charge in [-0.05, 0) is 69.2 Å². The Bertz CT molecular complexity index is 1130. The molecule has 0 saturated heterocycles. The molecule has 0 aliphatic rings. The minimum atomic E-state index is -4.51. The number of carbonyl (C=O) groups is 1. The summed E-state index contributed by atoms with van der Waals surface area (Å²) in [5, 5.41) is 3.94. The highest BCUT2D eigenvalue weighted by atomic mass is 19.4. The fraction of sp³-hybridized carbons (Fsp3) is 0.217. The number of benzene rings is 2. The minimum Gasteiger partial charge on any atom is -0.318 e. The number of alkyl halides is 3. The van der Waals surface area contributed by atoms with E-state index in [2.05, 4.69) is 35.0 Å². The van der Waals surface area contributed by atoms with Crippen molar-refractivity contribution in [1.82, 2.24) is 9.99 Å². The molecule has 30 heavy (non-hydrogen) atoms. The standard InChI is InChI=1S/C23H22F3N3O/c1-14-7-5-10-21(16(14)3)29-15(2)11-19(17(29)4)13-27-28-22(30)18-8-6-9-20(12-18)23(24,25)26/h5-13H,1-4H3,(H,28,30)/b27-13-. The summed E-state index contributed by atoms with van der Waals surface area (Å²) in [5.74, 6) is -0.708. The first-order valence-corrected chi connectivity index (χ1v) is 9.36. The molecule has 0 aliphatic heterocycles. The number of hydrazone groups is 1. The van der Waals surface area contributed by atoms with Crippen molar-refractivity contribution in [2.24, 2.45) is 5.10 Å². The van der Waals surface area contributed by atoms with E-state index in [0.29, 0.717) is 0 Å². The van der Waals surface area contributed by atoms with Crippen LogP contribution in [0.25, 0.3) is 5.69 Å². The van der Waals surface area contributed by atoms with Gasteiger partial charge in [-0.3, -0.25) is 4.79 Å². The Morgan fingerprint density at radius 2 is 1.73 bits per heavy atom. The summed E-state index contributed by atoms with van der Waals surface area (Å²) >= 11 is 0. The lowest BCUT2D eigenvalue weighted by Gasteiger charge is -2.14. The van der Waals surface area contributed by atoms with E-state index in [1.54, 1.807) is 0 Å². The molecule has 3 rings (SSSR count). The fourth-order valence-corrected chi connectivity index (χ4v) is 3.33. The van der Waals surface area contributed by atoms with Crippen LogP contribution in [0.4, 0.5) is 13.2 Å². The number of nitrogens with zero attached hydrogens (tertiary/aromatic N) is 2. The summed E-state index contributed by atoms with van der Waals surface area (Å²) in [6, 6.07) is 12.3. The number of aryl methyl sites for hydroxylation is 2. The molecule has 4 nitrogen and oxygen atoms in total. The summed E-state index contributed by atoms with van der Waals surface area (Å²) in [5.41, 5.74) is 7.48. The zero-order valence-electron chi connectivity index (χ0n) is 17.1. The van der Waals surface area contributed by atoms with Crippen LogP contribution in [-0.4, -0.2) is 16.7 Å². The van der Waals surface area contributed by atoms with Crippen LogP contribution in [-0.2, 0) is 6.18 Å². The predicted octanol–water partition coefficient (Wildman–Crippen LogP) is 5.49. The van der Waals surface area contributed by atoms with Gasteiger partial charge in [0.1, 0.15) is 0 Å². The van der Waals surface area contributed by atoms with Crippen molar-refractivity contribution >= 4 is 12.1 Å². The number of nitrogens with one attached hydrogen (secondary N) is 1. The van der Waals surface area contributed by atoms with Crippen LogP contribution >= 0.6 is 0 Å². The first-order valence-electron chi connectivity index (χ1n) is 9.36. The van der Waals surface area contributed by atoms with Crippen LogP contribution in [0.15, 0.2) is 53.6 Å². The second-order valence-electron chi connectivity index (χ2n) is 7.16. The van der Waals surface area contributed by atoms with E-state index in [1.807, 2.05) is 32.0 Å². The van der Waals surface area contributed by atoms with Crippen LogP contribution in [0.3, 0.4) is 0 Å². The number of rotatable bonds is 4. The quantitative estimate of drug-likeness (QED) is 0.446. The Balaban J connectivity index is 1.81. The minimum absolute atomic E-state index is 0.108. The average Bonchev–Trinajstić information content (AvgIpc) is 2.97. The van der Waals surface area contributed by atoms with E-state index < -0.39 is 17.6 Å². The lowest BCUT2D eigenvalue weighted by molar-refractivity contribution is -0.137. The van der Waals surface area contributed by atoms with Gasteiger partial charge in [0.15, 0.2) is 0 Å². The van der Waals surface area contributed by atoms with Crippen LogP contribution < -0.4 is 5.43 Å². The Morgan fingerprint density at radius 3 is 2.43 bits per heavy atom. The summed E-state index contributed by atoms with van der Waals surface area (Å²) < 4.78 is 40.6. The topological polar surface area (TPSA) is 46.4 Å². The fourth-order valence-electron chi connectivity index (χ4n) is 3.33. The van der Waals surface area contributed by atoms with Gasteiger partial charge in [0, 0.05) is 28.2 Å². The largest absolute Gasteiger partial charge is 0.416 e. The molecule has 0 saturated carbocycles. The third kappa shape index (κ3) is 4.30. The molecular weight excluding hydrogens is 391 g/mol. The third-order valence-electron chi connectivity index (χ3n) is 5.11. The highest BCUT2D eigenvalue weighted by Crippen LogP contribution is 2.29. The van der Waals surface area contributed by atoms with Crippen molar-refractivity contribution in [3.05, 3.63) is 87.7 Å². The van der Waals surface area contributed by atoms with Gasteiger partial charge in [-0.1, -0.05) is 18.2 Å². The molecule has 156 valence electrons. The van der Waals surface area contributed by atoms with Crippen molar-refractivity contribution < 1.29 is 18.0 Å². The highest BCUT2D eigenvalue weighted by molar-refractivity contribution is 5.95. The van der Waals surface area contributed by atoms with Gasteiger partial charge >= 0.3 is 6.18 Å². The van der Waals surface area contributed by atoms with E-state index in [9.17, 15) is 18.0 Å². The van der Waals surface area contributed by atoms with Crippen LogP contribution in [0.1, 0.15) is 44.0 Å². The summed E-state index contributed by atoms with van der Waals surface area (Å²) in [4.78, 5) is 12.2. The van der Waals surface area contributed by atoms with Crippen molar-refractivity contribution in [1.29, 1.82) is 0 Å². The average molecular weight is 413 g/mol. The molecule has 1 N–H and O–H groups in total. The van der Waals surface area contributed by atoms with Crippen molar-refractivity contribution in [3.8, 4) is 5.69 Å². The zero-order chi connectivity index (χ0) is 22.1. The van der Waals surface area contributed by atoms with Gasteiger partial charge in [-0.15, -0.1) is 0 Å². The van der Waals surface area contributed by atoms with E-state index in [1.165, 1.54) is 29.5 Å². The Labute approximate surface area is 173 Å². The SMILES string of the molecule is Cc1cccc(-n2c(C)cc(/C=N\NC(=O)c3cccc(C(F)(F)F)c3)c2C)c1C. The van der Waals surface area contributed by atoms with Gasteiger partial charge in [0.2, 0.25) is 0 Å². The lowest BCUT2D eigenvalue weighted by Crippen LogP contribution is -2.18. The van der Waals surface area contributed by atoms with E-state index >= 15 is 0 Å². The second-order valence-corrected chi connectivity index (χ2v) is 7.16. The van der Waals surface area contributed by atoms with Gasteiger partial charge in [-0.25, -0.2) is 5.43 Å². The number of aromatic nitrogens is 1. The van der Waals surface area contributed by atoms with E-state index in [4.69, 9.17) is 0 Å². The van der Waals surface area contributed by atoms with Crippen molar-refractivity contribution in [2.45, 2.75) is 33.9 Å². The Kier molecular flexibility index (Phi) is 5.82. The Hall–Kier alpha value is -3.35. The molecule has 0 fully saturated rings. The smallest absolute Gasteiger partial charge is 0.318 e. The molecule has 0 bridgehead atoms. The number of carbonyl (C=O) groups excluding carboxylic acids is 1. The molecule has 1 heterocycles. The van der Waals surface area contributed by atoms with Crippen LogP contribution in [0.2, 0.25) is 0 Å². The number of halogens is 3. The maximum atomic E-state index is 12.8. The van der Waals surface area contributed by atoms with Crippen LogP contribution in [0, 0.1) is 27.7 Å².